The molecule has 1 aliphatic heterocycles. The molecule has 1 saturated heterocycles. The van der Waals surface area contributed by atoms with E-state index in [1.807, 2.05) is 32.0 Å². The van der Waals surface area contributed by atoms with Crippen molar-refractivity contribution in [2.24, 2.45) is 0 Å². The molecule has 0 saturated carbocycles. The number of nitrogens with zero attached hydrogens (tertiary/aromatic N) is 3. The summed E-state index contributed by atoms with van der Waals surface area (Å²) in [4.78, 5) is 19.1. The molecule has 0 atom stereocenters. The fourth-order valence-electron chi connectivity index (χ4n) is 4.03. The minimum atomic E-state index is -4.07. The fourth-order valence-corrected chi connectivity index (χ4v) is 5.28. The lowest BCUT2D eigenvalue weighted by Gasteiger charge is -2.31. The summed E-state index contributed by atoms with van der Waals surface area (Å²) >= 11 is 0. The third-order valence-corrected chi connectivity index (χ3v) is 7.48. The molecule has 0 spiro atoms. The highest BCUT2D eigenvalue weighted by Gasteiger charge is 2.25. The van der Waals surface area contributed by atoms with Crippen LogP contribution in [0.2, 0.25) is 0 Å². The number of rotatable bonds is 11. The SMILES string of the molecule is CCN(CCN(C)C)C(=O)c1ccc(N2CCNCC2)c(NS(=O)(=O)c2cc(OC)ccc2OC)c1. The first-order chi connectivity index (χ1) is 17.2. The summed E-state index contributed by atoms with van der Waals surface area (Å²) in [6.45, 7) is 6.78. The number of piperazine rings is 1. The van der Waals surface area contributed by atoms with E-state index >= 15 is 0 Å². The van der Waals surface area contributed by atoms with Gasteiger partial charge in [-0.05, 0) is 51.4 Å². The van der Waals surface area contributed by atoms with Crippen molar-refractivity contribution < 1.29 is 22.7 Å². The number of hydrogen-bond donors (Lipinski definition) is 2. The van der Waals surface area contributed by atoms with Gasteiger partial charge in [-0.25, -0.2) is 8.42 Å². The third-order valence-electron chi connectivity index (χ3n) is 6.09. The lowest BCUT2D eigenvalue weighted by Crippen LogP contribution is -2.44. The summed E-state index contributed by atoms with van der Waals surface area (Å²) in [6, 6.07) is 9.81. The second-order valence-corrected chi connectivity index (χ2v) is 10.4. The molecule has 10 nitrogen and oxygen atoms in total. The van der Waals surface area contributed by atoms with Crippen molar-refractivity contribution in [3.8, 4) is 11.5 Å². The number of ether oxygens (including phenoxy) is 2. The van der Waals surface area contributed by atoms with Crippen molar-refractivity contribution in [2.45, 2.75) is 11.8 Å². The van der Waals surface area contributed by atoms with E-state index in [1.165, 1.54) is 20.3 Å². The molecule has 0 radical (unpaired) electrons. The van der Waals surface area contributed by atoms with Gasteiger partial charge in [0.25, 0.3) is 15.9 Å². The normalized spacial score (nSPS) is 14.0. The summed E-state index contributed by atoms with van der Waals surface area (Å²) in [6.07, 6.45) is 0. The molecule has 0 bridgehead atoms. The Bertz CT molecular complexity index is 1150. The smallest absolute Gasteiger partial charge is 0.265 e. The quantitative estimate of drug-likeness (QED) is 0.464. The lowest BCUT2D eigenvalue weighted by atomic mass is 10.1. The van der Waals surface area contributed by atoms with Crippen molar-refractivity contribution in [1.82, 2.24) is 15.1 Å². The van der Waals surface area contributed by atoms with E-state index in [1.54, 1.807) is 29.2 Å². The van der Waals surface area contributed by atoms with Crippen LogP contribution in [0.1, 0.15) is 17.3 Å². The van der Waals surface area contributed by atoms with Gasteiger partial charge in [-0.2, -0.15) is 0 Å². The molecule has 0 aliphatic carbocycles. The Kier molecular flexibility index (Phi) is 9.41. The van der Waals surface area contributed by atoms with Crippen molar-refractivity contribution in [3.05, 3.63) is 42.0 Å². The van der Waals surface area contributed by atoms with E-state index < -0.39 is 10.0 Å². The van der Waals surface area contributed by atoms with E-state index in [0.717, 1.165) is 25.3 Å². The van der Waals surface area contributed by atoms with Crippen molar-refractivity contribution >= 4 is 27.3 Å². The zero-order chi connectivity index (χ0) is 26.3. The minimum Gasteiger partial charge on any atom is -0.497 e. The van der Waals surface area contributed by atoms with Gasteiger partial charge in [0.2, 0.25) is 0 Å². The van der Waals surface area contributed by atoms with Crippen LogP contribution in [-0.4, -0.2) is 98.3 Å². The predicted molar refractivity (Wildman–Crippen MR) is 142 cm³/mol. The summed E-state index contributed by atoms with van der Waals surface area (Å²) in [5.74, 6) is 0.438. The van der Waals surface area contributed by atoms with Gasteiger partial charge in [0.15, 0.2) is 0 Å². The second-order valence-electron chi connectivity index (χ2n) is 8.78. The second kappa shape index (κ2) is 12.3. The lowest BCUT2D eigenvalue weighted by molar-refractivity contribution is 0.0754. The van der Waals surface area contributed by atoms with Crippen molar-refractivity contribution in [1.29, 1.82) is 0 Å². The van der Waals surface area contributed by atoms with E-state index in [0.29, 0.717) is 43.2 Å². The molecule has 36 heavy (non-hydrogen) atoms. The van der Waals surface area contributed by atoms with Gasteiger partial charge in [-0.1, -0.05) is 0 Å². The first kappa shape index (κ1) is 27.6. The maximum atomic E-state index is 13.6. The molecular formula is C25H37N5O5S. The highest BCUT2D eigenvalue weighted by atomic mass is 32.2. The maximum Gasteiger partial charge on any atom is 0.265 e. The van der Waals surface area contributed by atoms with Gasteiger partial charge in [0.1, 0.15) is 16.4 Å². The van der Waals surface area contributed by atoms with Gasteiger partial charge >= 0.3 is 0 Å². The molecule has 3 rings (SSSR count). The van der Waals surface area contributed by atoms with Crippen LogP contribution in [0.15, 0.2) is 41.3 Å². The number of nitrogens with one attached hydrogen (secondary N) is 2. The van der Waals surface area contributed by atoms with E-state index in [2.05, 4.69) is 14.9 Å². The summed E-state index contributed by atoms with van der Waals surface area (Å²) in [7, 11) is 2.74. The molecule has 198 valence electrons. The molecule has 1 aliphatic rings. The Morgan fingerprint density at radius 2 is 1.78 bits per heavy atom. The number of hydrogen-bond acceptors (Lipinski definition) is 8. The van der Waals surface area contributed by atoms with Crippen LogP contribution in [0.25, 0.3) is 0 Å². The molecule has 11 heteroatoms. The van der Waals surface area contributed by atoms with Gasteiger partial charge in [0.05, 0.1) is 25.6 Å². The van der Waals surface area contributed by atoms with Gasteiger partial charge < -0.3 is 29.5 Å². The van der Waals surface area contributed by atoms with Crippen LogP contribution in [0, 0.1) is 0 Å². The van der Waals surface area contributed by atoms with Crippen LogP contribution < -0.4 is 24.4 Å². The molecule has 1 heterocycles. The van der Waals surface area contributed by atoms with Crippen molar-refractivity contribution in [2.75, 3.05) is 83.8 Å². The van der Waals surface area contributed by atoms with Gasteiger partial charge in [0, 0.05) is 57.4 Å². The zero-order valence-corrected chi connectivity index (χ0v) is 22.5. The minimum absolute atomic E-state index is 0.0477. The third kappa shape index (κ3) is 6.59. The number of anilines is 2. The molecular weight excluding hydrogens is 482 g/mol. The first-order valence-electron chi connectivity index (χ1n) is 12.0. The Balaban J connectivity index is 2.02. The predicted octanol–water partition coefficient (Wildman–Crippen LogP) is 1.94. The number of sulfonamides is 1. The van der Waals surface area contributed by atoms with E-state index in [-0.39, 0.29) is 16.6 Å². The molecule has 2 aromatic rings. The Morgan fingerprint density at radius 3 is 2.39 bits per heavy atom. The highest BCUT2D eigenvalue weighted by molar-refractivity contribution is 7.92. The first-order valence-corrected chi connectivity index (χ1v) is 13.5. The number of likely N-dealkylation sites (N-methyl/N-ethyl adjacent to an activating group) is 2. The topological polar surface area (TPSA) is 103 Å². The Hall–Kier alpha value is -3.02. The van der Waals surface area contributed by atoms with Crippen LogP contribution >= 0.6 is 0 Å². The zero-order valence-electron chi connectivity index (χ0n) is 21.7. The largest absolute Gasteiger partial charge is 0.497 e. The Morgan fingerprint density at radius 1 is 1.06 bits per heavy atom. The molecule has 0 aromatic heterocycles. The van der Waals surface area contributed by atoms with E-state index in [9.17, 15) is 13.2 Å². The molecule has 2 N–H and O–H groups in total. The standard InChI is InChI=1S/C25H37N5O5S/c1-6-29(16-15-28(2)3)25(31)19-7-9-22(30-13-11-26-12-14-30)21(17-19)27-36(32,33)24-18-20(34-4)8-10-23(24)35-5/h7-10,17-18,26-27H,6,11-16H2,1-5H3. The highest BCUT2D eigenvalue weighted by Crippen LogP contribution is 2.34. The van der Waals surface area contributed by atoms with Crippen LogP contribution in [-0.2, 0) is 10.0 Å². The molecule has 1 fully saturated rings. The number of amides is 1. The van der Waals surface area contributed by atoms with E-state index in [4.69, 9.17) is 9.47 Å². The number of carbonyl (C=O) groups excluding carboxylic acids is 1. The molecule has 0 unspecified atom stereocenters. The average molecular weight is 520 g/mol. The van der Waals surface area contributed by atoms with Gasteiger partial charge in [-0.3, -0.25) is 9.52 Å². The molecule has 1 amide bonds. The number of carbonyl (C=O) groups is 1. The van der Waals surface area contributed by atoms with Crippen LogP contribution in [0.4, 0.5) is 11.4 Å². The summed E-state index contributed by atoms with van der Waals surface area (Å²) in [5, 5.41) is 3.31. The maximum absolute atomic E-state index is 13.6. The summed E-state index contributed by atoms with van der Waals surface area (Å²) in [5.41, 5.74) is 1.48. The number of methoxy groups -OCH3 is 2. The average Bonchev–Trinajstić information content (AvgIpc) is 2.88. The van der Waals surface area contributed by atoms with Crippen LogP contribution in [0.3, 0.4) is 0 Å². The molecule has 2 aromatic carbocycles. The monoisotopic (exact) mass is 519 g/mol. The Labute approximate surface area is 214 Å². The number of benzene rings is 2. The van der Waals surface area contributed by atoms with Crippen LogP contribution in [0.5, 0.6) is 11.5 Å². The van der Waals surface area contributed by atoms with Crippen molar-refractivity contribution in [3.63, 3.8) is 0 Å². The van der Waals surface area contributed by atoms with Gasteiger partial charge in [-0.15, -0.1) is 0 Å². The summed E-state index contributed by atoms with van der Waals surface area (Å²) < 4.78 is 40.4. The fraction of sp³-hybridized carbons (Fsp3) is 0.480.